The lowest BCUT2D eigenvalue weighted by Crippen LogP contribution is -2.34. The molecule has 0 radical (unpaired) electrons. The van der Waals surface area contributed by atoms with E-state index in [0.717, 1.165) is 17.7 Å². The third-order valence-electron chi connectivity index (χ3n) is 4.68. The van der Waals surface area contributed by atoms with E-state index in [2.05, 4.69) is 10.3 Å². The van der Waals surface area contributed by atoms with Gasteiger partial charge in [-0.25, -0.2) is 9.38 Å². The number of amidine groups is 1. The van der Waals surface area contributed by atoms with Crippen molar-refractivity contribution in [2.75, 3.05) is 11.9 Å². The number of anilines is 1. The lowest BCUT2D eigenvalue weighted by Gasteiger charge is -2.15. The molecular weight excluding hydrogens is 389 g/mol. The topological polar surface area (TPSA) is 61.8 Å². The molecule has 1 aliphatic rings. The summed E-state index contributed by atoms with van der Waals surface area (Å²) in [7, 11) is 0. The van der Waals surface area contributed by atoms with Gasteiger partial charge in [-0.2, -0.15) is 0 Å². The van der Waals surface area contributed by atoms with E-state index in [1.54, 1.807) is 4.90 Å². The number of amides is 2. The molecule has 29 heavy (non-hydrogen) atoms. The van der Waals surface area contributed by atoms with Crippen molar-refractivity contribution < 1.29 is 14.0 Å². The lowest BCUT2D eigenvalue weighted by atomic mass is 10.1. The van der Waals surface area contributed by atoms with Crippen LogP contribution in [0.15, 0.2) is 47.5 Å². The molecule has 1 atom stereocenters. The largest absolute Gasteiger partial charge is 0.326 e. The highest BCUT2D eigenvalue weighted by Crippen LogP contribution is 2.32. The van der Waals surface area contributed by atoms with Crippen LogP contribution in [-0.2, 0) is 9.59 Å². The Balaban J connectivity index is 1.73. The van der Waals surface area contributed by atoms with Gasteiger partial charge in [-0.15, -0.1) is 0 Å². The number of rotatable bonds is 6. The van der Waals surface area contributed by atoms with Crippen molar-refractivity contribution in [1.82, 2.24) is 4.90 Å². The van der Waals surface area contributed by atoms with Crippen molar-refractivity contribution in [3.05, 3.63) is 59.4 Å². The molecule has 2 aromatic carbocycles. The van der Waals surface area contributed by atoms with Crippen LogP contribution in [0.2, 0.25) is 0 Å². The standard InChI is InChI=1S/C22H24FN3O2S/c1-4-11-26-21(28)19(13-20(27)24-17-9-6-16(23)7-10-17)29-22(26)25-18-8-5-14(2)15(3)12-18/h5-10,12,19H,4,11,13H2,1-3H3,(H,24,27)/t19-/m0/s1. The number of carbonyl (C=O) groups is 2. The summed E-state index contributed by atoms with van der Waals surface area (Å²) in [6, 6.07) is 11.5. The molecule has 5 nitrogen and oxygen atoms in total. The van der Waals surface area contributed by atoms with Gasteiger partial charge >= 0.3 is 0 Å². The number of thioether (sulfide) groups is 1. The van der Waals surface area contributed by atoms with Gasteiger partial charge in [0.1, 0.15) is 11.1 Å². The highest BCUT2D eigenvalue weighted by molar-refractivity contribution is 8.15. The number of aliphatic imine (C=N–C) groups is 1. The molecule has 0 bridgehead atoms. The van der Waals surface area contributed by atoms with Crippen LogP contribution in [0.1, 0.15) is 30.9 Å². The molecule has 2 amide bonds. The summed E-state index contributed by atoms with van der Waals surface area (Å²) in [6.45, 7) is 6.63. The van der Waals surface area contributed by atoms with Crippen molar-refractivity contribution in [2.45, 2.75) is 38.9 Å². The summed E-state index contributed by atoms with van der Waals surface area (Å²) in [6.07, 6.45) is 0.833. The van der Waals surface area contributed by atoms with Gasteiger partial charge in [0.25, 0.3) is 0 Å². The van der Waals surface area contributed by atoms with Gasteiger partial charge in [-0.1, -0.05) is 24.8 Å². The SMILES string of the molecule is CCCN1C(=O)[C@H](CC(=O)Nc2ccc(F)cc2)SC1=Nc1ccc(C)c(C)c1. The predicted octanol–water partition coefficient (Wildman–Crippen LogP) is 4.81. The average molecular weight is 414 g/mol. The summed E-state index contributed by atoms with van der Waals surface area (Å²) in [5.41, 5.74) is 3.62. The molecule has 3 rings (SSSR count). The number of hydrogen-bond donors (Lipinski definition) is 1. The molecule has 1 N–H and O–H groups in total. The highest BCUT2D eigenvalue weighted by Gasteiger charge is 2.38. The smallest absolute Gasteiger partial charge is 0.242 e. The quantitative estimate of drug-likeness (QED) is 0.739. The van der Waals surface area contributed by atoms with Gasteiger partial charge in [-0.05, 0) is 67.8 Å². The zero-order valence-corrected chi connectivity index (χ0v) is 17.6. The molecule has 7 heteroatoms. The van der Waals surface area contributed by atoms with Gasteiger partial charge < -0.3 is 5.32 Å². The first-order chi connectivity index (χ1) is 13.9. The molecule has 0 unspecified atom stereocenters. The molecule has 152 valence electrons. The Labute approximate surface area is 174 Å². The first-order valence-electron chi connectivity index (χ1n) is 9.56. The minimum atomic E-state index is -0.521. The maximum Gasteiger partial charge on any atom is 0.242 e. The van der Waals surface area contributed by atoms with E-state index in [1.165, 1.54) is 41.6 Å². The molecule has 0 saturated carbocycles. The van der Waals surface area contributed by atoms with Gasteiger partial charge in [0, 0.05) is 18.7 Å². The lowest BCUT2D eigenvalue weighted by molar-refractivity contribution is -0.128. The van der Waals surface area contributed by atoms with Crippen molar-refractivity contribution in [3.63, 3.8) is 0 Å². The van der Waals surface area contributed by atoms with E-state index in [1.807, 2.05) is 39.0 Å². The first-order valence-corrected chi connectivity index (χ1v) is 10.4. The Morgan fingerprint density at radius 3 is 2.55 bits per heavy atom. The maximum absolute atomic E-state index is 13.0. The molecule has 0 aromatic heterocycles. The number of nitrogens with one attached hydrogen (secondary N) is 1. The Bertz CT molecular complexity index is 944. The molecule has 1 saturated heterocycles. The van der Waals surface area contributed by atoms with Crippen molar-refractivity contribution >= 4 is 40.1 Å². The van der Waals surface area contributed by atoms with Crippen molar-refractivity contribution in [3.8, 4) is 0 Å². The normalized spacial score (nSPS) is 17.8. The summed E-state index contributed by atoms with van der Waals surface area (Å²) in [5, 5.41) is 2.82. The van der Waals surface area contributed by atoms with Crippen LogP contribution >= 0.6 is 11.8 Å². The van der Waals surface area contributed by atoms with Crippen molar-refractivity contribution in [1.29, 1.82) is 0 Å². The van der Waals surface area contributed by atoms with Gasteiger partial charge in [0.2, 0.25) is 11.8 Å². The zero-order valence-electron chi connectivity index (χ0n) is 16.7. The number of halogens is 1. The summed E-state index contributed by atoms with van der Waals surface area (Å²) in [4.78, 5) is 31.6. The molecule has 1 heterocycles. The molecule has 0 spiro atoms. The fourth-order valence-electron chi connectivity index (χ4n) is 2.97. The van der Waals surface area contributed by atoms with E-state index in [0.29, 0.717) is 17.4 Å². The zero-order chi connectivity index (χ0) is 21.0. The average Bonchev–Trinajstić information content (AvgIpc) is 2.95. The molecule has 1 fully saturated rings. The van der Waals surface area contributed by atoms with Crippen LogP contribution in [0.5, 0.6) is 0 Å². The minimum Gasteiger partial charge on any atom is -0.326 e. The van der Waals surface area contributed by atoms with Gasteiger partial charge in [0.15, 0.2) is 5.17 Å². The van der Waals surface area contributed by atoms with Crippen LogP contribution in [0, 0.1) is 19.7 Å². The van der Waals surface area contributed by atoms with E-state index in [-0.39, 0.29) is 24.1 Å². The third-order valence-corrected chi connectivity index (χ3v) is 5.86. The van der Waals surface area contributed by atoms with E-state index < -0.39 is 5.25 Å². The van der Waals surface area contributed by atoms with E-state index >= 15 is 0 Å². The number of hydrogen-bond acceptors (Lipinski definition) is 4. The van der Waals surface area contributed by atoms with Crippen LogP contribution in [0.3, 0.4) is 0 Å². The van der Waals surface area contributed by atoms with Crippen LogP contribution in [-0.4, -0.2) is 33.7 Å². The van der Waals surface area contributed by atoms with Crippen molar-refractivity contribution in [2.24, 2.45) is 4.99 Å². The second kappa shape index (κ2) is 9.22. The number of nitrogens with zero attached hydrogens (tertiary/aromatic N) is 2. The number of benzene rings is 2. The summed E-state index contributed by atoms with van der Waals surface area (Å²) >= 11 is 1.32. The monoisotopic (exact) mass is 413 g/mol. The molecular formula is C22H24FN3O2S. The van der Waals surface area contributed by atoms with Crippen LogP contribution in [0.25, 0.3) is 0 Å². The maximum atomic E-state index is 13.0. The van der Waals surface area contributed by atoms with Crippen LogP contribution in [0.4, 0.5) is 15.8 Å². The number of aryl methyl sites for hydroxylation is 2. The Morgan fingerprint density at radius 1 is 1.17 bits per heavy atom. The van der Waals surface area contributed by atoms with E-state index in [4.69, 9.17) is 0 Å². The first kappa shape index (κ1) is 21.0. The summed E-state index contributed by atoms with van der Waals surface area (Å²) in [5.74, 6) is -0.757. The Morgan fingerprint density at radius 2 is 1.90 bits per heavy atom. The Hall–Kier alpha value is -2.67. The third kappa shape index (κ3) is 5.23. The van der Waals surface area contributed by atoms with Crippen LogP contribution < -0.4 is 5.32 Å². The summed E-state index contributed by atoms with van der Waals surface area (Å²) < 4.78 is 13.0. The second-order valence-corrected chi connectivity index (χ2v) is 8.19. The number of carbonyl (C=O) groups excluding carboxylic acids is 2. The van der Waals surface area contributed by atoms with Gasteiger partial charge in [-0.3, -0.25) is 14.5 Å². The van der Waals surface area contributed by atoms with Gasteiger partial charge in [0.05, 0.1) is 5.69 Å². The molecule has 2 aromatic rings. The minimum absolute atomic E-state index is 0.0348. The highest BCUT2D eigenvalue weighted by atomic mass is 32.2. The molecule has 0 aliphatic carbocycles. The van der Waals surface area contributed by atoms with E-state index in [9.17, 15) is 14.0 Å². The molecule has 1 aliphatic heterocycles. The second-order valence-electron chi connectivity index (χ2n) is 7.02. The fourth-order valence-corrected chi connectivity index (χ4v) is 4.16. The predicted molar refractivity (Wildman–Crippen MR) is 116 cm³/mol. The Kier molecular flexibility index (Phi) is 6.69. The fraction of sp³-hybridized carbons (Fsp3) is 0.318.